The summed E-state index contributed by atoms with van der Waals surface area (Å²) < 4.78 is 5.25. The second kappa shape index (κ2) is 9.76. The largest absolute Gasteiger partial charge is 0.463 e. The van der Waals surface area contributed by atoms with Crippen molar-refractivity contribution in [2.75, 3.05) is 6.61 Å². The monoisotopic (exact) mass is 495 g/mol. The lowest BCUT2D eigenvalue weighted by molar-refractivity contribution is -0.137. The molecule has 3 aromatic rings. The average Bonchev–Trinajstić information content (AvgIpc) is 3.41. The Labute approximate surface area is 215 Å². The zero-order chi connectivity index (χ0) is 25.4. The van der Waals surface area contributed by atoms with Crippen LogP contribution in [0.2, 0.25) is 0 Å². The molecule has 8 heteroatoms. The molecule has 0 unspecified atom stereocenters. The minimum Gasteiger partial charge on any atom is -0.463 e. The molecule has 1 saturated carbocycles. The molecule has 1 saturated heterocycles. The SMILES string of the molecule is CCOC(=O)/C=C1\[C@H]2[C@@H](C(=O)N1Cc1ccc(-c3ccccc3-c3nn[nH]n3)cc1)[C@H]1C=C[C@H]2CCC1. The molecule has 1 aliphatic heterocycles. The van der Waals surface area contributed by atoms with Gasteiger partial charge in [-0.15, -0.1) is 10.2 Å². The summed E-state index contributed by atoms with van der Waals surface area (Å²) in [7, 11) is 0. The molecule has 1 amide bonds. The van der Waals surface area contributed by atoms with E-state index in [0.717, 1.165) is 47.2 Å². The number of likely N-dealkylation sites (tertiary alicyclic amines) is 1. The number of aromatic amines is 1. The molecule has 8 nitrogen and oxygen atoms in total. The molecule has 2 bridgehead atoms. The molecule has 3 aliphatic carbocycles. The lowest BCUT2D eigenvalue weighted by Gasteiger charge is -2.29. The van der Waals surface area contributed by atoms with E-state index in [0.29, 0.717) is 19.0 Å². The van der Waals surface area contributed by atoms with Gasteiger partial charge in [-0.2, -0.15) is 5.21 Å². The van der Waals surface area contributed by atoms with Crippen LogP contribution >= 0.6 is 0 Å². The zero-order valence-corrected chi connectivity index (χ0v) is 20.7. The number of esters is 1. The van der Waals surface area contributed by atoms with Crippen molar-refractivity contribution in [1.82, 2.24) is 25.5 Å². The van der Waals surface area contributed by atoms with Crippen molar-refractivity contribution in [2.45, 2.75) is 32.7 Å². The fourth-order valence-corrected chi connectivity index (χ4v) is 6.25. The number of allylic oxidation sites excluding steroid dienone is 3. The Morgan fingerprint density at radius 2 is 1.78 bits per heavy atom. The van der Waals surface area contributed by atoms with Gasteiger partial charge in [-0.25, -0.2) is 4.79 Å². The van der Waals surface area contributed by atoms with Gasteiger partial charge in [0.25, 0.3) is 0 Å². The number of fused-ring (bicyclic) bond motifs is 2. The molecule has 1 aromatic heterocycles. The van der Waals surface area contributed by atoms with E-state index >= 15 is 0 Å². The number of nitrogens with zero attached hydrogens (tertiary/aromatic N) is 4. The highest BCUT2D eigenvalue weighted by Gasteiger charge is 2.52. The Kier molecular flexibility index (Phi) is 6.16. The smallest absolute Gasteiger partial charge is 0.332 e. The maximum absolute atomic E-state index is 13.8. The van der Waals surface area contributed by atoms with Crippen LogP contribution < -0.4 is 0 Å². The van der Waals surface area contributed by atoms with Crippen LogP contribution in [0.25, 0.3) is 22.5 Å². The number of carbonyl (C=O) groups is 2. The van der Waals surface area contributed by atoms with Crippen LogP contribution in [0.1, 0.15) is 31.7 Å². The molecule has 0 radical (unpaired) electrons. The molecule has 188 valence electrons. The van der Waals surface area contributed by atoms with Crippen molar-refractivity contribution in [3.63, 3.8) is 0 Å². The standard InChI is InChI=1S/C29H29N5O3/c1-2-37-25(35)16-24-26-20-6-5-7-21(15-14-20)27(26)29(36)34(24)17-18-10-12-19(13-11-18)22-8-3-4-9-23(22)28-30-32-33-31-28/h3-4,8-16,20-21,26-27H,2,5-7,17H2,1H3,(H,30,31,32,33)/b24-16+/t20-,21-,26+,27+/m1/s1. The Morgan fingerprint density at radius 1 is 1.05 bits per heavy atom. The van der Waals surface area contributed by atoms with E-state index in [1.165, 1.54) is 0 Å². The van der Waals surface area contributed by atoms with Crippen molar-refractivity contribution in [3.8, 4) is 22.5 Å². The molecule has 4 atom stereocenters. The second-order valence-corrected chi connectivity index (χ2v) is 9.92. The third-order valence-electron chi connectivity index (χ3n) is 7.87. The van der Waals surface area contributed by atoms with Gasteiger partial charge < -0.3 is 9.64 Å². The molecule has 2 heterocycles. The van der Waals surface area contributed by atoms with Gasteiger partial charge >= 0.3 is 5.97 Å². The Balaban J connectivity index is 1.30. The van der Waals surface area contributed by atoms with E-state index in [1.54, 1.807) is 13.0 Å². The summed E-state index contributed by atoms with van der Waals surface area (Å²) in [6, 6.07) is 16.1. The van der Waals surface area contributed by atoms with Crippen LogP contribution in [-0.2, 0) is 20.9 Å². The first kappa shape index (κ1) is 23.3. The molecule has 1 N–H and O–H groups in total. The normalized spacial score (nSPS) is 25.4. The van der Waals surface area contributed by atoms with Gasteiger partial charge in [0.15, 0.2) is 0 Å². The molecule has 7 rings (SSSR count). The summed E-state index contributed by atoms with van der Waals surface area (Å²) in [5.74, 6) is 0.729. The molecule has 2 fully saturated rings. The third-order valence-corrected chi connectivity index (χ3v) is 7.87. The van der Waals surface area contributed by atoms with Crippen LogP contribution in [0.4, 0.5) is 0 Å². The Bertz CT molecular complexity index is 1360. The van der Waals surface area contributed by atoms with Gasteiger partial charge in [-0.3, -0.25) is 4.79 Å². The summed E-state index contributed by atoms with van der Waals surface area (Å²) in [6.45, 7) is 2.53. The number of hydrogen-bond acceptors (Lipinski definition) is 6. The number of aromatic nitrogens is 4. The number of tetrazole rings is 1. The summed E-state index contributed by atoms with van der Waals surface area (Å²) >= 11 is 0. The fourth-order valence-electron chi connectivity index (χ4n) is 6.25. The van der Waals surface area contributed by atoms with Gasteiger partial charge in [0.1, 0.15) is 0 Å². The number of ether oxygens (including phenoxy) is 1. The first-order valence-electron chi connectivity index (χ1n) is 12.9. The van der Waals surface area contributed by atoms with Crippen molar-refractivity contribution < 1.29 is 14.3 Å². The Morgan fingerprint density at radius 3 is 2.49 bits per heavy atom. The number of amides is 1. The number of rotatable bonds is 6. The predicted octanol–water partition coefficient (Wildman–Crippen LogP) is 4.54. The summed E-state index contributed by atoms with van der Waals surface area (Å²) in [5, 5.41) is 14.5. The van der Waals surface area contributed by atoms with E-state index in [2.05, 4.69) is 32.8 Å². The predicted molar refractivity (Wildman–Crippen MR) is 137 cm³/mol. The van der Waals surface area contributed by atoms with Gasteiger partial charge in [-0.05, 0) is 53.5 Å². The summed E-state index contributed by atoms with van der Waals surface area (Å²) in [6.07, 6.45) is 9.25. The highest BCUT2D eigenvalue weighted by molar-refractivity contribution is 5.90. The number of benzene rings is 2. The van der Waals surface area contributed by atoms with Crippen LogP contribution in [0, 0.1) is 23.7 Å². The van der Waals surface area contributed by atoms with Crippen molar-refractivity contribution in [1.29, 1.82) is 0 Å². The quantitative estimate of drug-likeness (QED) is 0.306. The van der Waals surface area contributed by atoms with E-state index in [-0.39, 0.29) is 35.5 Å². The lowest BCUT2D eigenvalue weighted by Crippen LogP contribution is -2.31. The topological polar surface area (TPSA) is 101 Å². The van der Waals surface area contributed by atoms with Crippen LogP contribution in [0.15, 0.2) is 72.5 Å². The summed E-state index contributed by atoms with van der Waals surface area (Å²) in [4.78, 5) is 28.1. The number of nitrogens with one attached hydrogen (secondary N) is 1. The second-order valence-electron chi connectivity index (χ2n) is 9.92. The third kappa shape index (κ3) is 4.26. The Hall–Kier alpha value is -4.07. The van der Waals surface area contributed by atoms with Crippen LogP contribution in [-0.4, -0.2) is 44.0 Å². The molecular formula is C29H29N5O3. The van der Waals surface area contributed by atoms with Gasteiger partial charge in [0, 0.05) is 23.3 Å². The van der Waals surface area contributed by atoms with Gasteiger partial charge in [0.2, 0.25) is 11.7 Å². The van der Waals surface area contributed by atoms with E-state index < -0.39 is 0 Å². The summed E-state index contributed by atoms with van der Waals surface area (Å²) in [5.41, 5.74) is 4.72. The lowest BCUT2D eigenvalue weighted by atomic mass is 9.72. The maximum atomic E-state index is 13.8. The fraction of sp³-hybridized carbons (Fsp3) is 0.345. The molecule has 37 heavy (non-hydrogen) atoms. The zero-order valence-electron chi connectivity index (χ0n) is 20.7. The minimum absolute atomic E-state index is 0.0375. The van der Waals surface area contributed by atoms with Gasteiger partial charge in [0.05, 0.1) is 19.1 Å². The first-order chi connectivity index (χ1) is 18.1. The molecule has 4 aliphatic rings. The van der Waals surface area contributed by atoms with Crippen molar-refractivity contribution >= 4 is 11.9 Å². The maximum Gasteiger partial charge on any atom is 0.332 e. The molecular weight excluding hydrogens is 466 g/mol. The van der Waals surface area contributed by atoms with E-state index in [1.807, 2.05) is 53.4 Å². The van der Waals surface area contributed by atoms with Crippen LogP contribution in [0.5, 0.6) is 0 Å². The first-order valence-corrected chi connectivity index (χ1v) is 12.9. The number of H-pyrrole nitrogens is 1. The highest BCUT2D eigenvalue weighted by atomic mass is 16.5. The molecule has 0 spiro atoms. The number of carbonyl (C=O) groups excluding carboxylic acids is 2. The van der Waals surface area contributed by atoms with Crippen molar-refractivity contribution in [2.24, 2.45) is 23.7 Å². The average molecular weight is 496 g/mol. The van der Waals surface area contributed by atoms with Crippen molar-refractivity contribution in [3.05, 3.63) is 78.0 Å². The number of hydrogen-bond donors (Lipinski definition) is 1. The van der Waals surface area contributed by atoms with E-state index in [9.17, 15) is 9.59 Å². The van der Waals surface area contributed by atoms with Crippen LogP contribution in [0.3, 0.4) is 0 Å². The molecule has 2 aromatic carbocycles. The van der Waals surface area contributed by atoms with E-state index in [4.69, 9.17) is 4.74 Å². The highest BCUT2D eigenvalue weighted by Crippen LogP contribution is 2.52. The minimum atomic E-state index is -0.381. The van der Waals surface area contributed by atoms with Gasteiger partial charge in [-0.1, -0.05) is 67.1 Å².